The van der Waals surface area contributed by atoms with E-state index in [1.807, 2.05) is 0 Å². The highest BCUT2D eigenvalue weighted by molar-refractivity contribution is 7.14. The van der Waals surface area contributed by atoms with Crippen molar-refractivity contribution in [1.29, 1.82) is 0 Å². The molecule has 0 unspecified atom stereocenters. The van der Waals surface area contributed by atoms with Crippen molar-refractivity contribution in [3.05, 3.63) is 45.6 Å². The minimum atomic E-state index is -0.239. The van der Waals surface area contributed by atoms with Gasteiger partial charge in [-0.3, -0.25) is 4.79 Å². The Hall–Kier alpha value is -1.26. The monoisotopic (exact) mass is 224 g/mol. The van der Waals surface area contributed by atoms with Gasteiger partial charge in [-0.1, -0.05) is 11.6 Å². The Balaban J connectivity index is 2.39. The Morgan fingerprint density at radius 2 is 2.07 bits per heavy atom. The standard InChI is InChI=1S/C9H5ClN2OS/c10-8-6(2-5-14-8)7(13)9-11-3-1-4-12-9/h1-5H. The Labute approximate surface area is 89.4 Å². The minimum absolute atomic E-state index is 0.174. The van der Waals surface area contributed by atoms with Gasteiger partial charge < -0.3 is 0 Å². The molecule has 0 aliphatic heterocycles. The van der Waals surface area contributed by atoms with E-state index in [0.29, 0.717) is 9.90 Å². The third kappa shape index (κ3) is 1.66. The average molecular weight is 225 g/mol. The van der Waals surface area contributed by atoms with Crippen LogP contribution in [0.25, 0.3) is 0 Å². The lowest BCUT2D eigenvalue weighted by Crippen LogP contribution is -2.05. The SMILES string of the molecule is O=C(c1ncccn1)c1ccsc1Cl. The molecule has 0 atom stereocenters. The van der Waals surface area contributed by atoms with Crippen LogP contribution in [0.3, 0.4) is 0 Å². The first-order valence-electron chi connectivity index (χ1n) is 3.84. The van der Waals surface area contributed by atoms with Crippen LogP contribution in [0.1, 0.15) is 16.2 Å². The molecular formula is C9H5ClN2OS. The Morgan fingerprint density at radius 1 is 1.36 bits per heavy atom. The summed E-state index contributed by atoms with van der Waals surface area (Å²) in [4.78, 5) is 19.4. The van der Waals surface area contributed by atoms with Crippen LogP contribution in [-0.4, -0.2) is 15.8 Å². The maximum Gasteiger partial charge on any atom is 0.232 e. The van der Waals surface area contributed by atoms with Gasteiger partial charge in [0.1, 0.15) is 4.34 Å². The van der Waals surface area contributed by atoms with Gasteiger partial charge in [-0.15, -0.1) is 11.3 Å². The van der Waals surface area contributed by atoms with Crippen LogP contribution in [-0.2, 0) is 0 Å². The van der Waals surface area contributed by atoms with E-state index in [1.54, 1.807) is 17.5 Å². The second-order valence-electron chi connectivity index (χ2n) is 2.51. The number of hydrogen-bond acceptors (Lipinski definition) is 4. The molecule has 2 heterocycles. The van der Waals surface area contributed by atoms with Crippen LogP contribution in [0, 0.1) is 0 Å². The molecule has 0 amide bonds. The molecule has 3 nitrogen and oxygen atoms in total. The lowest BCUT2D eigenvalue weighted by molar-refractivity contribution is 0.103. The fourth-order valence-corrected chi connectivity index (χ4v) is 1.91. The van der Waals surface area contributed by atoms with Crippen molar-refractivity contribution >= 4 is 28.7 Å². The minimum Gasteiger partial charge on any atom is -0.285 e. The van der Waals surface area contributed by atoms with Gasteiger partial charge in [-0.2, -0.15) is 0 Å². The summed E-state index contributed by atoms with van der Waals surface area (Å²) in [5.41, 5.74) is 0.461. The molecule has 0 N–H and O–H groups in total. The Kier molecular flexibility index (Phi) is 2.56. The molecule has 0 spiro atoms. The molecule has 14 heavy (non-hydrogen) atoms. The zero-order chi connectivity index (χ0) is 9.97. The highest BCUT2D eigenvalue weighted by Gasteiger charge is 2.15. The molecular weight excluding hydrogens is 220 g/mol. The van der Waals surface area contributed by atoms with Crippen molar-refractivity contribution in [3.8, 4) is 0 Å². The van der Waals surface area contributed by atoms with Crippen LogP contribution in [0.4, 0.5) is 0 Å². The lowest BCUT2D eigenvalue weighted by atomic mass is 10.2. The molecule has 0 radical (unpaired) electrons. The first-order chi connectivity index (χ1) is 6.79. The number of ketones is 1. The zero-order valence-electron chi connectivity index (χ0n) is 6.98. The van der Waals surface area contributed by atoms with Crippen molar-refractivity contribution in [2.75, 3.05) is 0 Å². The highest BCUT2D eigenvalue weighted by Crippen LogP contribution is 2.24. The molecule has 0 bridgehead atoms. The van der Waals surface area contributed by atoms with Crippen LogP contribution in [0.15, 0.2) is 29.9 Å². The van der Waals surface area contributed by atoms with E-state index < -0.39 is 0 Å². The molecule has 0 aromatic carbocycles. The molecule has 5 heteroatoms. The second kappa shape index (κ2) is 3.86. The second-order valence-corrected chi connectivity index (χ2v) is 4.03. The lowest BCUT2D eigenvalue weighted by Gasteiger charge is -1.95. The van der Waals surface area contributed by atoms with Gasteiger partial charge in [0.25, 0.3) is 0 Å². The van der Waals surface area contributed by atoms with E-state index in [2.05, 4.69) is 9.97 Å². The smallest absolute Gasteiger partial charge is 0.232 e. The van der Waals surface area contributed by atoms with Crippen LogP contribution >= 0.6 is 22.9 Å². The number of thiophene rings is 1. The molecule has 0 saturated carbocycles. The third-order valence-corrected chi connectivity index (χ3v) is 2.80. The highest BCUT2D eigenvalue weighted by atomic mass is 35.5. The number of aromatic nitrogens is 2. The van der Waals surface area contributed by atoms with Crippen LogP contribution < -0.4 is 0 Å². The molecule has 0 aliphatic carbocycles. The Bertz CT molecular complexity index is 455. The maximum atomic E-state index is 11.7. The molecule has 0 saturated heterocycles. The first-order valence-corrected chi connectivity index (χ1v) is 5.09. The number of carbonyl (C=O) groups is 1. The predicted octanol–water partition coefficient (Wildman–Crippen LogP) is 2.42. The predicted molar refractivity (Wildman–Crippen MR) is 54.8 cm³/mol. The van der Waals surface area contributed by atoms with E-state index in [9.17, 15) is 4.79 Å². The van der Waals surface area contributed by atoms with Gasteiger partial charge in [0.2, 0.25) is 11.6 Å². The van der Waals surface area contributed by atoms with Gasteiger partial charge in [0.15, 0.2) is 0 Å². The number of nitrogens with zero attached hydrogens (tertiary/aromatic N) is 2. The zero-order valence-corrected chi connectivity index (χ0v) is 8.55. The average Bonchev–Trinajstić information content (AvgIpc) is 2.65. The topological polar surface area (TPSA) is 42.9 Å². The Morgan fingerprint density at radius 3 is 2.64 bits per heavy atom. The van der Waals surface area contributed by atoms with Crippen molar-refractivity contribution in [3.63, 3.8) is 0 Å². The molecule has 0 aliphatic rings. The summed E-state index contributed by atoms with van der Waals surface area (Å²) in [6.45, 7) is 0. The van der Waals surface area contributed by atoms with E-state index in [4.69, 9.17) is 11.6 Å². The van der Waals surface area contributed by atoms with Crippen molar-refractivity contribution in [2.24, 2.45) is 0 Å². The normalized spacial score (nSPS) is 10.1. The summed E-state index contributed by atoms with van der Waals surface area (Å²) in [5.74, 6) is -0.0651. The molecule has 2 rings (SSSR count). The fourth-order valence-electron chi connectivity index (χ4n) is 0.993. The van der Waals surface area contributed by atoms with Gasteiger partial charge in [0, 0.05) is 12.4 Å². The molecule has 2 aromatic heterocycles. The number of halogens is 1. The maximum absolute atomic E-state index is 11.7. The summed E-state index contributed by atoms with van der Waals surface area (Å²) >= 11 is 7.14. The van der Waals surface area contributed by atoms with Gasteiger partial charge in [-0.25, -0.2) is 9.97 Å². The first kappa shape index (κ1) is 9.30. The van der Waals surface area contributed by atoms with Crippen molar-refractivity contribution in [2.45, 2.75) is 0 Å². The summed E-state index contributed by atoms with van der Waals surface area (Å²) in [5, 5.41) is 1.76. The fraction of sp³-hybridized carbons (Fsp3) is 0. The van der Waals surface area contributed by atoms with E-state index in [1.165, 1.54) is 23.7 Å². The van der Waals surface area contributed by atoms with Gasteiger partial charge in [0.05, 0.1) is 5.56 Å². The van der Waals surface area contributed by atoms with Gasteiger partial charge >= 0.3 is 0 Å². The third-order valence-electron chi connectivity index (χ3n) is 1.63. The summed E-state index contributed by atoms with van der Waals surface area (Å²) in [7, 11) is 0. The summed E-state index contributed by atoms with van der Waals surface area (Å²) in [6.07, 6.45) is 3.06. The summed E-state index contributed by atoms with van der Waals surface area (Å²) < 4.78 is 0.474. The largest absolute Gasteiger partial charge is 0.285 e. The number of hydrogen-bond donors (Lipinski definition) is 0. The quantitative estimate of drug-likeness (QED) is 0.736. The van der Waals surface area contributed by atoms with E-state index in [0.717, 1.165) is 0 Å². The van der Waals surface area contributed by atoms with Crippen molar-refractivity contribution in [1.82, 2.24) is 9.97 Å². The van der Waals surface area contributed by atoms with Crippen LogP contribution in [0.5, 0.6) is 0 Å². The van der Waals surface area contributed by atoms with Gasteiger partial charge in [-0.05, 0) is 17.5 Å². The van der Waals surface area contributed by atoms with Crippen molar-refractivity contribution < 1.29 is 4.79 Å². The number of carbonyl (C=O) groups excluding carboxylic acids is 1. The number of rotatable bonds is 2. The van der Waals surface area contributed by atoms with E-state index in [-0.39, 0.29) is 11.6 Å². The van der Waals surface area contributed by atoms with E-state index >= 15 is 0 Å². The van der Waals surface area contributed by atoms with Crippen LogP contribution in [0.2, 0.25) is 4.34 Å². The molecule has 2 aromatic rings. The summed E-state index contributed by atoms with van der Waals surface area (Å²) in [6, 6.07) is 3.33. The molecule has 0 fully saturated rings. The molecule has 70 valence electrons.